The Morgan fingerprint density at radius 3 is 2.36 bits per heavy atom. The van der Waals surface area contributed by atoms with Crippen molar-refractivity contribution in [2.45, 2.75) is 19.4 Å². The third-order valence-electron chi connectivity index (χ3n) is 3.45. The van der Waals surface area contributed by atoms with Gasteiger partial charge in [0, 0.05) is 10.8 Å². The number of guanidine groups is 1. The van der Waals surface area contributed by atoms with Crippen LogP contribution in [0.3, 0.4) is 0 Å². The van der Waals surface area contributed by atoms with Gasteiger partial charge in [0.05, 0.1) is 5.69 Å². The van der Waals surface area contributed by atoms with Crippen LogP contribution in [-0.4, -0.2) is 24.5 Å². The molecule has 116 valence electrons. The van der Waals surface area contributed by atoms with Gasteiger partial charge in [-0.3, -0.25) is 0 Å². The first kappa shape index (κ1) is 15.8. The van der Waals surface area contributed by atoms with Crippen LogP contribution in [0.2, 0.25) is 0 Å². The van der Waals surface area contributed by atoms with Gasteiger partial charge in [-0.15, -0.1) is 0 Å². The number of nitrogens with two attached hydrogens (primary N) is 2. The average molecular weight is 300 g/mol. The van der Waals surface area contributed by atoms with E-state index in [0.717, 1.165) is 10.8 Å². The topological polar surface area (TPSA) is 103 Å². The summed E-state index contributed by atoms with van der Waals surface area (Å²) < 4.78 is 5.53. The van der Waals surface area contributed by atoms with E-state index in [1.807, 2.05) is 24.3 Å². The number of ether oxygens (including phenoxy) is 1. The van der Waals surface area contributed by atoms with Crippen molar-refractivity contribution in [3.8, 4) is 5.75 Å². The van der Waals surface area contributed by atoms with Crippen LogP contribution < -0.4 is 21.5 Å². The Hall–Kier alpha value is -2.60. The van der Waals surface area contributed by atoms with Gasteiger partial charge < -0.3 is 21.5 Å². The zero-order chi connectivity index (χ0) is 16.3. The molecule has 0 fully saturated rings. The molecule has 0 unspecified atom stereocenters. The summed E-state index contributed by atoms with van der Waals surface area (Å²) in [5.41, 5.74) is 10.7. The van der Waals surface area contributed by atoms with E-state index in [0.29, 0.717) is 11.4 Å². The number of benzene rings is 2. The number of rotatable bonds is 4. The fourth-order valence-corrected chi connectivity index (χ4v) is 1.91. The molecule has 0 saturated heterocycles. The summed E-state index contributed by atoms with van der Waals surface area (Å²) in [7, 11) is 1.71. The molecule has 0 bridgehead atoms. The minimum Gasteiger partial charge on any atom is -0.425 e. The van der Waals surface area contributed by atoms with Gasteiger partial charge in [0.15, 0.2) is 5.96 Å². The maximum absolute atomic E-state index is 12.2. The molecule has 0 atom stereocenters. The van der Waals surface area contributed by atoms with E-state index < -0.39 is 5.54 Å². The van der Waals surface area contributed by atoms with Crippen LogP contribution in [0.15, 0.2) is 41.4 Å². The minimum atomic E-state index is -0.778. The molecule has 0 spiro atoms. The van der Waals surface area contributed by atoms with Crippen LogP contribution >= 0.6 is 0 Å². The molecule has 0 radical (unpaired) electrons. The first-order valence-electron chi connectivity index (χ1n) is 6.87. The van der Waals surface area contributed by atoms with Crippen LogP contribution in [-0.2, 0) is 4.79 Å². The normalized spacial score (nSPS) is 11.2. The Bertz CT molecular complexity index is 734. The van der Waals surface area contributed by atoms with Gasteiger partial charge in [0.2, 0.25) is 0 Å². The van der Waals surface area contributed by atoms with Gasteiger partial charge in [0.25, 0.3) is 0 Å². The highest BCUT2D eigenvalue weighted by atomic mass is 16.5. The summed E-state index contributed by atoms with van der Waals surface area (Å²) in [6, 6.07) is 10.9. The molecule has 2 aromatic rings. The van der Waals surface area contributed by atoms with E-state index in [-0.39, 0.29) is 11.9 Å². The second kappa shape index (κ2) is 6.03. The van der Waals surface area contributed by atoms with E-state index in [4.69, 9.17) is 16.2 Å². The van der Waals surface area contributed by atoms with Gasteiger partial charge in [0.1, 0.15) is 11.3 Å². The number of nitrogens with one attached hydrogen (secondary N) is 1. The summed E-state index contributed by atoms with van der Waals surface area (Å²) in [6.07, 6.45) is 0. The Kier molecular flexibility index (Phi) is 4.32. The molecular weight excluding hydrogens is 280 g/mol. The van der Waals surface area contributed by atoms with Crippen molar-refractivity contribution in [2.75, 3.05) is 7.05 Å². The largest absolute Gasteiger partial charge is 0.425 e. The first-order valence-corrected chi connectivity index (χ1v) is 6.87. The Morgan fingerprint density at radius 2 is 1.77 bits per heavy atom. The summed E-state index contributed by atoms with van der Waals surface area (Å²) in [5, 5.41) is 4.49. The zero-order valence-electron chi connectivity index (χ0n) is 12.9. The lowest BCUT2D eigenvalue weighted by Gasteiger charge is -2.22. The van der Waals surface area contributed by atoms with Crippen molar-refractivity contribution in [2.24, 2.45) is 16.5 Å². The molecule has 6 nitrogen and oxygen atoms in total. The first-order chi connectivity index (χ1) is 10.3. The Balaban J connectivity index is 2.49. The smallest absolute Gasteiger partial charge is 0.331 e. The van der Waals surface area contributed by atoms with Crippen LogP contribution in [0.1, 0.15) is 13.8 Å². The number of nitrogens with zero attached hydrogens (tertiary/aromatic N) is 1. The van der Waals surface area contributed by atoms with E-state index in [1.54, 1.807) is 33.0 Å². The number of carbonyl (C=O) groups excluding carboxylic acids is 1. The molecule has 2 aromatic carbocycles. The maximum Gasteiger partial charge on any atom is 0.331 e. The average Bonchev–Trinajstić information content (AvgIpc) is 2.49. The third kappa shape index (κ3) is 3.17. The molecular formula is C16H20N4O2. The van der Waals surface area contributed by atoms with Crippen molar-refractivity contribution < 1.29 is 9.53 Å². The second-order valence-corrected chi connectivity index (χ2v) is 5.43. The number of likely N-dealkylation sites (N-methyl/N-ethyl adjacent to an activating group) is 1. The van der Waals surface area contributed by atoms with Crippen LogP contribution in [0.4, 0.5) is 5.69 Å². The minimum absolute atomic E-state index is 0.0220. The fraction of sp³-hybridized carbons (Fsp3) is 0.250. The van der Waals surface area contributed by atoms with Crippen molar-refractivity contribution >= 4 is 28.4 Å². The van der Waals surface area contributed by atoms with Gasteiger partial charge in [-0.05, 0) is 33.0 Å². The maximum atomic E-state index is 12.2. The fourth-order valence-electron chi connectivity index (χ4n) is 1.91. The van der Waals surface area contributed by atoms with Crippen LogP contribution in [0.25, 0.3) is 10.8 Å². The van der Waals surface area contributed by atoms with Crippen molar-refractivity contribution in [1.82, 2.24) is 5.32 Å². The van der Waals surface area contributed by atoms with E-state index in [1.165, 1.54) is 0 Å². The van der Waals surface area contributed by atoms with Gasteiger partial charge in [-0.2, -0.15) is 0 Å². The summed E-state index contributed by atoms with van der Waals surface area (Å²) in [5.74, 6) is 0.0828. The number of hydrogen-bond acceptors (Lipinski definition) is 4. The van der Waals surface area contributed by atoms with E-state index in [2.05, 4.69) is 10.3 Å². The molecule has 0 saturated carbocycles. The summed E-state index contributed by atoms with van der Waals surface area (Å²) in [6.45, 7) is 3.51. The lowest BCUT2D eigenvalue weighted by atomic mass is 10.1. The molecule has 0 aromatic heterocycles. The van der Waals surface area contributed by atoms with Crippen LogP contribution in [0.5, 0.6) is 5.75 Å². The molecule has 0 amide bonds. The quantitative estimate of drug-likeness (QED) is 0.345. The summed E-state index contributed by atoms with van der Waals surface area (Å²) in [4.78, 5) is 16.3. The van der Waals surface area contributed by atoms with Gasteiger partial charge in [-0.25, -0.2) is 9.79 Å². The SMILES string of the molecule is CNC(C)(C)C(=O)Oc1ccc(N=C(N)N)c2ccccc12. The predicted molar refractivity (Wildman–Crippen MR) is 88.2 cm³/mol. The lowest BCUT2D eigenvalue weighted by molar-refractivity contribution is -0.140. The zero-order valence-corrected chi connectivity index (χ0v) is 12.9. The van der Waals surface area contributed by atoms with E-state index >= 15 is 0 Å². The molecule has 5 N–H and O–H groups in total. The van der Waals surface area contributed by atoms with Crippen molar-refractivity contribution in [3.05, 3.63) is 36.4 Å². The molecule has 2 rings (SSSR count). The van der Waals surface area contributed by atoms with Gasteiger partial charge >= 0.3 is 5.97 Å². The highest BCUT2D eigenvalue weighted by Crippen LogP contribution is 2.33. The Morgan fingerprint density at radius 1 is 1.14 bits per heavy atom. The molecule has 0 aliphatic rings. The second-order valence-electron chi connectivity index (χ2n) is 5.43. The van der Waals surface area contributed by atoms with Crippen LogP contribution in [0, 0.1) is 0 Å². The molecule has 0 heterocycles. The third-order valence-corrected chi connectivity index (χ3v) is 3.45. The molecule has 6 heteroatoms. The summed E-state index contributed by atoms with van der Waals surface area (Å²) >= 11 is 0. The number of hydrogen-bond donors (Lipinski definition) is 3. The Labute approximate surface area is 129 Å². The molecule has 0 aliphatic carbocycles. The number of esters is 1. The highest BCUT2D eigenvalue weighted by Gasteiger charge is 2.28. The monoisotopic (exact) mass is 300 g/mol. The number of fused-ring (bicyclic) bond motifs is 1. The number of aliphatic imine (C=N–C) groups is 1. The predicted octanol–water partition coefficient (Wildman–Crippen LogP) is 1.65. The van der Waals surface area contributed by atoms with Crippen molar-refractivity contribution in [3.63, 3.8) is 0 Å². The van der Waals surface area contributed by atoms with Gasteiger partial charge in [-0.1, -0.05) is 24.3 Å². The standard InChI is InChI=1S/C16H20N4O2/c1-16(2,19-3)14(21)22-13-9-8-12(20-15(17)18)10-6-4-5-7-11(10)13/h4-9,19H,1-3H3,(H4,17,18,20). The van der Waals surface area contributed by atoms with E-state index in [9.17, 15) is 4.79 Å². The van der Waals surface area contributed by atoms with Crippen molar-refractivity contribution in [1.29, 1.82) is 0 Å². The highest BCUT2D eigenvalue weighted by molar-refractivity contribution is 6.00. The molecule has 0 aliphatic heterocycles. The molecule has 22 heavy (non-hydrogen) atoms. The lowest BCUT2D eigenvalue weighted by Crippen LogP contribution is -2.47. The number of carbonyl (C=O) groups is 1.